The van der Waals surface area contributed by atoms with Gasteiger partial charge in [0, 0.05) is 13.6 Å². The first kappa shape index (κ1) is 19.6. The Bertz CT molecular complexity index is 1120. The molecule has 152 valence electrons. The number of benzene rings is 3. The lowest BCUT2D eigenvalue weighted by atomic mass is 10.0. The van der Waals surface area contributed by atoms with Gasteiger partial charge in [0.1, 0.15) is 0 Å². The van der Waals surface area contributed by atoms with E-state index < -0.39 is 0 Å². The van der Waals surface area contributed by atoms with E-state index >= 15 is 0 Å². The number of rotatable bonds is 7. The summed E-state index contributed by atoms with van der Waals surface area (Å²) in [5, 5.41) is 13.2. The quantitative estimate of drug-likeness (QED) is 0.433. The number of nitrogens with one attached hydrogen (secondary N) is 1. The minimum absolute atomic E-state index is 0.152. The van der Waals surface area contributed by atoms with Crippen molar-refractivity contribution >= 4 is 5.95 Å². The predicted octanol–water partition coefficient (Wildman–Crippen LogP) is 5.47. The van der Waals surface area contributed by atoms with Crippen LogP contribution >= 0.6 is 0 Å². The zero-order chi connectivity index (χ0) is 20.9. The van der Waals surface area contributed by atoms with Crippen LogP contribution in [-0.2, 0) is 13.6 Å². The molecular formula is C25H25N3O2. The lowest BCUT2D eigenvalue weighted by molar-refractivity contribution is 0.318. The minimum atomic E-state index is 0.152. The Morgan fingerprint density at radius 3 is 2.37 bits per heavy atom. The first-order chi connectivity index (χ1) is 14.7. The van der Waals surface area contributed by atoms with Gasteiger partial charge in [-0.05, 0) is 41.3 Å². The van der Waals surface area contributed by atoms with E-state index in [0.717, 1.165) is 22.8 Å². The third-order valence-electron chi connectivity index (χ3n) is 5.05. The number of phenolic OH excluding ortho intramolecular Hbond substituents is 1. The van der Waals surface area contributed by atoms with Crippen LogP contribution < -0.4 is 10.1 Å². The number of anilines is 1. The molecule has 0 fully saturated rings. The highest BCUT2D eigenvalue weighted by Gasteiger charge is 2.10. The van der Waals surface area contributed by atoms with Gasteiger partial charge in [-0.3, -0.25) is 0 Å². The number of hydrogen-bond acceptors (Lipinski definition) is 4. The van der Waals surface area contributed by atoms with Crippen LogP contribution in [-0.4, -0.2) is 21.3 Å². The maximum Gasteiger partial charge on any atom is 0.203 e. The molecule has 0 aliphatic heterocycles. The van der Waals surface area contributed by atoms with Gasteiger partial charge < -0.3 is 19.7 Å². The summed E-state index contributed by atoms with van der Waals surface area (Å²) >= 11 is 0. The number of aromatic nitrogens is 2. The van der Waals surface area contributed by atoms with Gasteiger partial charge >= 0.3 is 0 Å². The minimum Gasteiger partial charge on any atom is -0.504 e. The number of nitrogens with zero attached hydrogens (tertiary/aromatic N) is 2. The number of hydrogen-bond donors (Lipinski definition) is 2. The Hall–Kier alpha value is -3.73. The van der Waals surface area contributed by atoms with Crippen molar-refractivity contribution in [3.8, 4) is 33.9 Å². The molecule has 5 heteroatoms. The zero-order valence-corrected chi connectivity index (χ0v) is 17.2. The molecule has 4 rings (SSSR count). The number of phenols is 1. The molecule has 30 heavy (non-hydrogen) atoms. The molecule has 0 saturated heterocycles. The topological polar surface area (TPSA) is 59.3 Å². The summed E-state index contributed by atoms with van der Waals surface area (Å²) in [6, 6.07) is 24.2. The zero-order valence-electron chi connectivity index (χ0n) is 17.2. The first-order valence-electron chi connectivity index (χ1n) is 10.0. The summed E-state index contributed by atoms with van der Waals surface area (Å²) in [6.07, 6.45) is 1.88. The fourth-order valence-electron chi connectivity index (χ4n) is 3.43. The van der Waals surface area contributed by atoms with E-state index in [1.54, 1.807) is 6.07 Å². The second-order valence-electron chi connectivity index (χ2n) is 7.06. The third kappa shape index (κ3) is 4.15. The van der Waals surface area contributed by atoms with E-state index in [9.17, 15) is 5.11 Å². The van der Waals surface area contributed by atoms with Crippen LogP contribution in [0.4, 0.5) is 5.95 Å². The molecule has 0 radical (unpaired) electrons. The third-order valence-corrected chi connectivity index (χ3v) is 5.05. The lowest BCUT2D eigenvalue weighted by Gasteiger charge is -2.11. The molecule has 0 bridgehead atoms. The van der Waals surface area contributed by atoms with Crippen molar-refractivity contribution in [2.24, 2.45) is 7.05 Å². The van der Waals surface area contributed by atoms with Crippen molar-refractivity contribution in [2.75, 3.05) is 11.9 Å². The van der Waals surface area contributed by atoms with Crippen LogP contribution in [0.25, 0.3) is 22.4 Å². The van der Waals surface area contributed by atoms with E-state index in [1.807, 2.05) is 55.1 Å². The Balaban J connectivity index is 1.48. The molecular weight excluding hydrogens is 374 g/mol. The molecule has 3 aromatic carbocycles. The van der Waals surface area contributed by atoms with E-state index in [2.05, 4.69) is 46.7 Å². The van der Waals surface area contributed by atoms with E-state index in [4.69, 9.17) is 4.74 Å². The van der Waals surface area contributed by atoms with Gasteiger partial charge in [-0.15, -0.1) is 0 Å². The molecule has 0 atom stereocenters. The summed E-state index contributed by atoms with van der Waals surface area (Å²) in [7, 11) is 2.00. The summed E-state index contributed by atoms with van der Waals surface area (Å²) in [6.45, 7) is 2.99. The van der Waals surface area contributed by atoms with Crippen LogP contribution in [0.5, 0.6) is 11.5 Å². The molecule has 4 aromatic rings. The summed E-state index contributed by atoms with van der Waals surface area (Å²) in [5.74, 6) is 1.43. The van der Waals surface area contributed by atoms with Gasteiger partial charge in [0.2, 0.25) is 5.95 Å². The van der Waals surface area contributed by atoms with Crippen molar-refractivity contribution in [3.05, 3.63) is 84.6 Å². The second-order valence-corrected chi connectivity index (χ2v) is 7.06. The smallest absolute Gasteiger partial charge is 0.203 e. The van der Waals surface area contributed by atoms with Gasteiger partial charge in [0.05, 0.1) is 18.5 Å². The van der Waals surface area contributed by atoms with Crippen molar-refractivity contribution in [1.29, 1.82) is 0 Å². The maximum absolute atomic E-state index is 9.86. The highest BCUT2D eigenvalue weighted by molar-refractivity contribution is 5.69. The van der Waals surface area contributed by atoms with Crippen molar-refractivity contribution in [1.82, 2.24) is 9.55 Å². The van der Waals surface area contributed by atoms with Crippen LogP contribution in [0.2, 0.25) is 0 Å². The summed E-state index contributed by atoms with van der Waals surface area (Å²) in [5.41, 5.74) is 5.56. The second kappa shape index (κ2) is 8.74. The molecule has 2 N–H and O–H groups in total. The summed E-state index contributed by atoms with van der Waals surface area (Å²) in [4.78, 5) is 4.54. The van der Waals surface area contributed by atoms with Crippen molar-refractivity contribution in [3.63, 3.8) is 0 Å². The normalized spacial score (nSPS) is 10.7. The number of aromatic hydroxyl groups is 1. The average Bonchev–Trinajstić information content (AvgIpc) is 3.15. The van der Waals surface area contributed by atoms with E-state index in [-0.39, 0.29) is 5.75 Å². The fraction of sp³-hybridized carbons (Fsp3) is 0.160. The average molecular weight is 399 g/mol. The van der Waals surface area contributed by atoms with Gasteiger partial charge in [-0.2, -0.15) is 0 Å². The monoisotopic (exact) mass is 399 g/mol. The highest BCUT2D eigenvalue weighted by atomic mass is 16.5. The Morgan fingerprint density at radius 1 is 0.933 bits per heavy atom. The molecule has 1 aromatic heterocycles. The number of imidazole rings is 1. The van der Waals surface area contributed by atoms with Gasteiger partial charge in [-0.25, -0.2) is 4.98 Å². The highest BCUT2D eigenvalue weighted by Crippen LogP contribution is 2.28. The number of ether oxygens (including phenoxy) is 1. The lowest BCUT2D eigenvalue weighted by Crippen LogP contribution is -2.06. The molecule has 5 nitrogen and oxygen atoms in total. The standard InChI is InChI=1S/C25H25N3O2/c1-3-30-24-15-18(9-14-23(24)29)16-26-25-27-17-22(28(25)2)21-12-10-20(11-13-21)19-7-5-4-6-8-19/h4-15,17,29H,3,16H2,1-2H3,(H,26,27). The fourth-order valence-corrected chi connectivity index (χ4v) is 3.43. The van der Waals surface area contributed by atoms with Crippen molar-refractivity contribution < 1.29 is 9.84 Å². The predicted molar refractivity (Wildman–Crippen MR) is 121 cm³/mol. The van der Waals surface area contributed by atoms with Gasteiger partial charge in [0.15, 0.2) is 11.5 Å². The molecule has 0 aliphatic carbocycles. The summed E-state index contributed by atoms with van der Waals surface area (Å²) < 4.78 is 7.50. The Morgan fingerprint density at radius 2 is 1.63 bits per heavy atom. The molecule has 0 unspecified atom stereocenters. The molecule has 0 aliphatic rings. The Labute approximate surface area is 176 Å². The van der Waals surface area contributed by atoms with Gasteiger partial charge in [0.25, 0.3) is 0 Å². The van der Waals surface area contributed by atoms with Crippen LogP contribution in [0.1, 0.15) is 12.5 Å². The van der Waals surface area contributed by atoms with Gasteiger partial charge in [-0.1, -0.05) is 60.7 Å². The molecule has 0 saturated carbocycles. The molecule has 1 heterocycles. The van der Waals surface area contributed by atoms with Crippen LogP contribution in [0, 0.1) is 0 Å². The van der Waals surface area contributed by atoms with Crippen LogP contribution in [0.3, 0.4) is 0 Å². The molecule has 0 spiro atoms. The van der Waals surface area contributed by atoms with Crippen molar-refractivity contribution in [2.45, 2.75) is 13.5 Å². The Kier molecular flexibility index (Phi) is 5.70. The van der Waals surface area contributed by atoms with E-state index in [0.29, 0.717) is 18.9 Å². The van der Waals surface area contributed by atoms with E-state index in [1.165, 1.54) is 11.1 Å². The maximum atomic E-state index is 9.86. The first-order valence-corrected chi connectivity index (χ1v) is 10.0. The van der Waals surface area contributed by atoms with Crippen LogP contribution in [0.15, 0.2) is 79.0 Å². The SMILES string of the molecule is CCOc1cc(CNc2ncc(-c3ccc(-c4ccccc4)cc3)n2C)ccc1O. The molecule has 0 amide bonds. The largest absolute Gasteiger partial charge is 0.504 e.